The number of methoxy groups -OCH3 is 1. The molecule has 0 spiro atoms. The Balaban J connectivity index is 1.51. The zero-order valence-corrected chi connectivity index (χ0v) is 17.9. The quantitative estimate of drug-likeness (QED) is 0.765. The van der Waals surface area contributed by atoms with E-state index < -0.39 is 0 Å². The number of carbonyl (C=O) groups is 2. The highest BCUT2D eigenvalue weighted by molar-refractivity contribution is 6.09. The molecule has 6 heteroatoms. The second kappa shape index (κ2) is 8.48. The highest BCUT2D eigenvalue weighted by atomic mass is 16.5. The number of amides is 2. The van der Waals surface area contributed by atoms with Crippen LogP contribution in [0.25, 0.3) is 0 Å². The van der Waals surface area contributed by atoms with Crippen molar-refractivity contribution in [1.82, 2.24) is 9.80 Å². The van der Waals surface area contributed by atoms with Crippen molar-refractivity contribution in [1.29, 1.82) is 0 Å². The molecular formula is C24H29N3O3. The molecule has 2 aromatic rings. The molecule has 2 aliphatic rings. The molecule has 158 valence electrons. The molecule has 1 saturated heterocycles. The van der Waals surface area contributed by atoms with Crippen LogP contribution in [0.2, 0.25) is 0 Å². The Labute approximate surface area is 178 Å². The van der Waals surface area contributed by atoms with Gasteiger partial charge in [-0.1, -0.05) is 24.3 Å². The summed E-state index contributed by atoms with van der Waals surface area (Å²) in [4.78, 5) is 32.3. The highest BCUT2D eigenvalue weighted by Crippen LogP contribution is 2.28. The van der Waals surface area contributed by atoms with Crippen molar-refractivity contribution in [2.45, 2.75) is 26.4 Å². The van der Waals surface area contributed by atoms with E-state index in [0.717, 1.165) is 12.1 Å². The number of benzene rings is 2. The third kappa shape index (κ3) is 3.79. The lowest BCUT2D eigenvalue weighted by Gasteiger charge is -2.41. The second-order valence-corrected chi connectivity index (χ2v) is 8.19. The third-order valence-electron chi connectivity index (χ3n) is 6.06. The SMILES string of the molecule is COCCN1Cc2cccc(C(=O)N3CCN(c4cccc(C)c4)[C@@H](C)C3)c2C1=O. The zero-order chi connectivity index (χ0) is 21.3. The fourth-order valence-corrected chi connectivity index (χ4v) is 4.48. The van der Waals surface area contributed by atoms with Crippen LogP contribution in [0.4, 0.5) is 5.69 Å². The van der Waals surface area contributed by atoms with Gasteiger partial charge in [-0.2, -0.15) is 0 Å². The van der Waals surface area contributed by atoms with Gasteiger partial charge in [0.25, 0.3) is 11.8 Å². The lowest BCUT2D eigenvalue weighted by Crippen LogP contribution is -2.54. The minimum atomic E-state index is -0.0718. The normalized spacial score (nSPS) is 18.7. The topological polar surface area (TPSA) is 53.1 Å². The van der Waals surface area contributed by atoms with Gasteiger partial charge >= 0.3 is 0 Å². The number of hydrogen-bond donors (Lipinski definition) is 0. The molecule has 30 heavy (non-hydrogen) atoms. The van der Waals surface area contributed by atoms with Crippen molar-refractivity contribution in [2.24, 2.45) is 0 Å². The number of ether oxygens (including phenoxy) is 1. The Kier molecular flexibility index (Phi) is 5.77. The van der Waals surface area contributed by atoms with Crippen molar-refractivity contribution < 1.29 is 14.3 Å². The van der Waals surface area contributed by atoms with Crippen LogP contribution in [-0.2, 0) is 11.3 Å². The summed E-state index contributed by atoms with van der Waals surface area (Å²) < 4.78 is 5.12. The molecule has 2 aliphatic heterocycles. The number of aryl methyl sites for hydroxylation is 1. The first-order valence-corrected chi connectivity index (χ1v) is 10.5. The minimum absolute atomic E-state index is 0.0514. The van der Waals surface area contributed by atoms with Crippen LogP contribution in [0.3, 0.4) is 0 Å². The first-order valence-electron chi connectivity index (χ1n) is 10.5. The highest BCUT2D eigenvalue weighted by Gasteiger charge is 2.34. The lowest BCUT2D eigenvalue weighted by atomic mass is 10.0. The molecule has 0 aliphatic carbocycles. The van der Waals surface area contributed by atoms with Gasteiger partial charge in [-0.25, -0.2) is 0 Å². The van der Waals surface area contributed by atoms with Crippen LogP contribution in [0.1, 0.15) is 38.8 Å². The van der Waals surface area contributed by atoms with Gasteiger partial charge in [0, 0.05) is 51.6 Å². The number of piperazine rings is 1. The molecule has 1 fully saturated rings. The maximum atomic E-state index is 13.4. The Morgan fingerprint density at radius 3 is 2.70 bits per heavy atom. The molecule has 2 amide bonds. The Morgan fingerprint density at radius 2 is 1.97 bits per heavy atom. The van der Waals surface area contributed by atoms with Crippen molar-refractivity contribution >= 4 is 17.5 Å². The summed E-state index contributed by atoms with van der Waals surface area (Å²) in [5.74, 6) is -0.123. The Hall–Kier alpha value is -2.86. The largest absolute Gasteiger partial charge is 0.383 e. The van der Waals surface area contributed by atoms with E-state index in [1.165, 1.54) is 11.3 Å². The van der Waals surface area contributed by atoms with Gasteiger partial charge in [0.2, 0.25) is 0 Å². The van der Waals surface area contributed by atoms with E-state index in [2.05, 4.69) is 43.0 Å². The molecule has 2 aromatic carbocycles. The molecule has 1 atom stereocenters. The predicted molar refractivity (Wildman–Crippen MR) is 117 cm³/mol. The van der Waals surface area contributed by atoms with Crippen molar-refractivity contribution in [3.63, 3.8) is 0 Å². The Bertz CT molecular complexity index is 958. The van der Waals surface area contributed by atoms with E-state index in [9.17, 15) is 9.59 Å². The van der Waals surface area contributed by atoms with Crippen LogP contribution >= 0.6 is 0 Å². The maximum Gasteiger partial charge on any atom is 0.255 e. The molecule has 6 nitrogen and oxygen atoms in total. The molecule has 0 saturated carbocycles. The number of carbonyl (C=O) groups excluding carboxylic acids is 2. The maximum absolute atomic E-state index is 13.4. The van der Waals surface area contributed by atoms with Crippen LogP contribution in [0, 0.1) is 6.92 Å². The lowest BCUT2D eigenvalue weighted by molar-refractivity contribution is 0.0690. The van der Waals surface area contributed by atoms with Gasteiger partial charge < -0.3 is 19.4 Å². The molecule has 4 rings (SSSR count). The monoisotopic (exact) mass is 407 g/mol. The summed E-state index contributed by atoms with van der Waals surface area (Å²) in [5.41, 5.74) is 4.43. The van der Waals surface area contributed by atoms with Crippen molar-refractivity contribution in [2.75, 3.05) is 44.8 Å². The van der Waals surface area contributed by atoms with Gasteiger partial charge in [0.15, 0.2) is 0 Å². The summed E-state index contributed by atoms with van der Waals surface area (Å²) in [6.07, 6.45) is 0. The van der Waals surface area contributed by atoms with E-state index in [4.69, 9.17) is 4.74 Å². The number of rotatable bonds is 5. The van der Waals surface area contributed by atoms with E-state index in [1.807, 2.05) is 17.0 Å². The fourth-order valence-electron chi connectivity index (χ4n) is 4.48. The van der Waals surface area contributed by atoms with E-state index in [-0.39, 0.29) is 17.9 Å². The summed E-state index contributed by atoms with van der Waals surface area (Å²) in [5, 5.41) is 0. The van der Waals surface area contributed by atoms with Crippen molar-refractivity contribution in [3.05, 3.63) is 64.7 Å². The van der Waals surface area contributed by atoms with Gasteiger partial charge in [-0.3, -0.25) is 9.59 Å². The Morgan fingerprint density at radius 1 is 1.17 bits per heavy atom. The van der Waals surface area contributed by atoms with Crippen LogP contribution < -0.4 is 4.90 Å². The van der Waals surface area contributed by atoms with E-state index in [1.54, 1.807) is 18.1 Å². The second-order valence-electron chi connectivity index (χ2n) is 8.19. The summed E-state index contributed by atoms with van der Waals surface area (Å²) in [7, 11) is 1.63. The van der Waals surface area contributed by atoms with Crippen LogP contribution in [-0.4, -0.2) is 67.6 Å². The summed E-state index contributed by atoms with van der Waals surface area (Å²) in [6, 6.07) is 14.3. The van der Waals surface area contributed by atoms with Gasteiger partial charge in [0.1, 0.15) is 0 Å². The van der Waals surface area contributed by atoms with E-state index in [0.29, 0.717) is 43.9 Å². The number of hydrogen-bond acceptors (Lipinski definition) is 4. The average molecular weight is 408 g/mol. The van der Waals surface area contributed by atoms with Gasteiger partial charge in [0.05, 0.1) is 17.7 Å². The molecule has 0 bridgehead atoms. The molecule has 0 unspecified atom stereocenters. The van der Waals surface area contributed by atoms with Gasteiger partial charge in [-0.15, -0.1) is 0 Å². The van der Waals surface area contributed by atoms with Crippen LogP contribution in [0.5, 0.6) is 0 Å². The molecule has 0 radical (unpaired) electrons. The third-order valence-corrected chi connectivity index (χ3v) is 6.06. The first kappa shape index (κ1) is 20.4. The van der Waals surface area contributed by atoms with E-state index >= 15 is 0 Å². The molecule has 2 heterocycles. The van der Waals surface area contributed by atoms with Crippen molar-refractivity contribution in [3.8, 4) is 0 Å². The minimum Gasteiger partial charge on any atom is -0.383 e. The average Bonchev–Trinajstić information content (AvgIpc) is 3.07. The molecular weight excluding hydrogens is 378 g/mol. The molecule has 0 aromatic heterocycles. The summed E-state index contributed by atoms with van der Waals surface area (Å²) >= 11 is 0. The first-order chi connectivity index (χ1) is 14.5. The number of anilines is 1. The fraction of sp³-hybridized carbons (Fsp3) is 0.417. The standard InChI is InChI=1S/C24H29N3O3/c1-17-6-4-8-20(14-17)27-11-10-25(15-18(27)2)23(28)21-9-5-7-19-16-26(12-13-30-3)24(29)22(19)21/h4-9,14,18H,10-13,15-16H2,1-3H3/t18-/m0/s1. The number of fused-ring (bicyclic) bond motifs is 1. The number of nitrogens with zero attached hydrogens (tertiary/aromatic N) is 3. The predicted octanol–water partition coefficient (Wildman–Crippen LogP) is 2.95. The van der Waals surface area contributed by atoms with Gasteiger partial charge in [-0.05, 0) is 43.2 Å². The van der Waals surface area contributed by atoms with Crippen LogP contribution in [0.15, 0.2) is 42.5 Å². The smallest absolute Gasteiger partial charge is 0.255 e. The zero-order valence-electron chi connectivity index (χ0n) is 17.9. The molecule has 0 N–H and O–H groups in total. The summed E-state index contributed by atoms with van der Waals surface area (Å²) in [6.45, 7) is 7.85.